The Balaban J connectivity index is 1.38. The van der Waals surface area contributed by atoms with E-state index in [1.165, 1.54) is 5.01 Å². The van der Waals surface area contributed by atoms with Gasteiger partial charge in [-0.1, -0.05) is 6.92 Å². The molecule has 2 saturated heterocycles. The van der Waals surface area contributed by atoms with Gasteiger partial charge in [0.1, 0.15) is 5.71 Å². The molecule has 0 unspecified atom stereocenters. The van der Waals surface area contributed by atoms with Crippen molar-refractivity contribution in [2.24, 2.45) is 5.10 Å². The topological polar surface area (TPSA) is 102 Å². The van der Waals surface area contributed by atoms with E-state index in [0.29, 0.717) is 12.1 Å². The molecule has 0 bridgehead atoms. The summed E-state index contributed by atoms with van der Waals surface area (Å²) in [7, 11) is -3.14. The van der Waals surface area contributed by atoms with Crippen LogP contribution >= 0.6 is 0 Å². The van der Waals surface area contributed by atoms with Crippen LogP contribution in [0, 0.1) is 0 Å². The Kier molecular flexibility index (Phi) is 6.29. The maximum Gasteiger partial charge on any atom is 0.271 e. The Bertz CT molecular complexity index is 968. The van der Waals surface area contributed by atoms with Gasteiger partial charge in [0.05, 0.1) is 17.5 Å². The van der Waals surface area contributed by atoms with Crippen molar-refractivity contribution in [1.82, 2.24) is 9.91 Å². The van der Waals surface area contributed by atoms with Crippen molar-refractivity contribution < 1.29 is 18.0 Å². The minimum Gasteiger partial charge on any atom is -0.369 e. The fraction of sp³-hybridized carbons (Fsp3) is 0.571. The summed E-state index contributed by atoms with van der Waals surface area (Å²) < 4.78 is 23.5. The lowest BCUT2D eigenvalue weighted by molar-refractivity contribution is -0.133. The fourth-order valence-corrected chi connectivity index (χ4v) is 5.96. The van der Waals surface area contributed by atoms with E-state index in [2.05, 4.69) is 27.1 Å². The molecule has 4 rings (SSSR count). The molecule has 0 aromatic heterocycles. The number of rotatable bonds is 5. The zero-order valence-corrected chi connectivity index (χ0v) is 18.6. The summed E-state index contributed by atoms with van der Waals surface area (Å²) in [6, 6.07) is 7.26. The van der Waals surface area contributed by atoms with Crippen molar-refractivity contribution in [3.63, 3.8) is 0 Å². The summed E-state index contributed by atoms with van der Waals surface area (Å²) in [4.78, 5) is 29.7. The lowest BCUT2D eigenvalue weighted by atomic mass is 10.1. The van der Waals surface area contributed by atoms with Crippen LogP contribution in [-0.4, -0.2) is 86.1 Å². The fourth-order valence-electron chi connectivity index (χ4n) is 4.27. The highest BCUT2D eigenvalue weighted by Crippen LogP contribution is 2.23. The third-order valence-electron chi connectivity index (χ3n) is 6.19. The first-order valence-electron chi connectivity index (χ1n) is 10.8. The van der Waals surface area contributed by atoms with Crippen LogP contribution in [0.5, 0.6) is 0 Å². The molecule has 0 radical (unpaired) electrons. The van der Waals surface area contributed by atoms with Crippen molar-refractivity contribution in [2.45, 2.75) is 32.2 Å². The zero-order valence-electron chi connectivity index (χ0n) is 17.8. The molecule has 3 aliphatic heterocycles. The number of hydrogen-bond donors (Lipinski definition) is 1. The van der Waals surface area contributed by atoms with E-state index in [1.54, 1.807) is 0 Å². The number of amides is 2. The highest BCUT2D eigenvalue weighted by molar-refractivity contribution is 7.91. The number of hydrazone groups is 1. The molecule has 10 heteroatoms. The van der Waals surface area contributed by atoms with Gasteiger partial charge in [0.15, 0.2) is 9.84 Å². The second-order valence-corrected chi connectivity index (χ2v) is 10.5. The maximum absolute atomic E-state index is 12.7. The number of benzene rings is 1. The maximum atomic E-state index is 12.7. The van der Waals surface area contributed by atoms with Crippen molar-refractivity contribution in [3.8, 4) is 0 Å². The summed E-state index contributed by atoms with van der Waals surface area (Å²) in [5, 5.41) is 8.28. The minimum absolute atomic E-state index is 0.0539. The Morgan fingerprint density at radius 3 is 2.45 bits per heavy atom. The van der Waals surface area contributed by atoms with Crippen LogP contribution in [0.15, 0.2) is 29.4 Å². The summed E-state index contributed by atoms with van der Waals surface area (Å²) in [5.74, 6) is -0.627. The highest BCUT2D eigenvalue weighted by atomic mass is 32.2. The van der Waals surface area contributed by atoms with Gasteiger partial charge < -0.3 is 15.1 Å². The molecule has 9 nitrogen and oxygen atoms in total. The molecular formula is C21H29N5O4S. The predicted octanol–water partition coefficient (Wildman–Crippen LogP) is 0.933. The summed E-state index contributed by atoms with van der Waals surface area (Å²) >= 11 is 0. The van der Waals surface area contributed by atoms with Gasteiger partial charge in [-0.05, 0) is 37.2 Å². The Morgan fingerprint density at radius 1 is 1.13 bits per heavy atom. The van der Waals surface area contributed by atoms with Gasteiger partial charge in [-0.2, -0.15) is 5.10 Å². The molecule has 31 heavy (non-hydrogen) atoms. The van der Waals surface area contributed by atoms with Crippen LogP contribution in [0.3, 0.4) is 0 Å². The number of piperazine rings is 1. The predicted molar refractivity (Wildman–Crippen MR) is 120 cm³/mol. The van der Waals surface area contributed by atoms with Gasteiger partial charge in [0, 0.05) is 50.4 Å². The minimum atomic E-state index is -3.14. The zero-order chi connectivity index (χ0) is 22.0. The first kappa shape index (κ1) is 21.8. The monoisotopic (exact) mass is 447 g/mol. The van der Waals surface area contributed by atoms with E-state index in [0.717, 1.165) is 38.4 Å². The van der Waals surface area contributed by atoms with E-state index in [9.17, 15) is 18.0 Å². The third kappa shape index (κ3) is 5.07. The molecule has 0 aliphatic carbocycles. The van der Waals surface area contributed by atoms with E-state index in [-0.39, 0.29) is 41.9 Å². The number of anilines is 2. The van der Waals surface area contributed by atoms with Gasteiger partial charge >= 0.3 is 0 Å². The Morgan fingerprint density at radius 2 is 1.84 bits per heavy atom. The summed E-state index contributed by atoms with van der Waals surface area (Å²) in [6.07, 6.45) is 0.770. The van der Waals surface area contributed by atoms with Gasteiger partial charge in [0.25, 0.3) is 5.91 Å². The molecule has 3 aliphatic rings. The first-order valence-corrected chi connectivity index (χ1v) is 12.7. The van der Waals surface area contributed by atoms with Crippen molar-refractivity contribution >= 4 is 38.7 Å². The largest absolute Gasteiger partial charge is 0.369 e. The first-order chi connectivity index (χ1) is 14.8. The number of hydrogen-bond acceptors (Lipinski definition) is 7. The van der Waals surface area contributed by atoms with E-state index < -0.39 is 15.9 Å². The molecular weight excluding hydrogens is 418 g/mol. The van der Waals surface area contributed by atoms with Gasteiger partial charge in [-0.25, -0.2) is 13.4 Å². The molecule has 0 spiro atoms. The third-order valence-corrected chi connectivity index (χ3v) is 7.94. The van der Waals surface area contributed by atoms with Gasteiger partial charge in [0.2, 0.25) is 5.91 Å². The average molecular weight is 448 g/mol. The number of carbonyl (C=O) groups excluding carboxylic acids is 2. The molecule has 1 aromatic carbocycles. The highest BCUT2D eigenvalue weighted by Gasteiger charge is 2.37. The second-order valence-electron chi connectivity index (χ2n) is 8.26. The van der Waals surface area contributed by atoms with Crippen molar-refractivity contribution in [2.75, 3.05) is 54.4 Å². The standard InChI is InChI=1S/C21H29N5O4S/c1-2-24-10-12-25(13-11-24)17-5-3-16(4-6-17)22-21(28)19-7-8-20(27)26(23-19)18-9-14-31(29,30)15-18/h3-6,18H,2,7-15H2,1H3,(H,22,28)/t18-/m1/s1. The molecule has 2 amide bonds. The van der Waals surface area contributed by atoms with Gasteiger partial charge in [-0.15, -0.1) is 0 Å². The summed E-state index contributed by atoms with van der Waals surface area (Å²) in [6.45, 7) is 7.31. The molecule has 1 aromatic rings. The van der Waals surface area contributed by atoms with Crippen LogP contribution in [0.25, 0.3) is 0 Å². The number of sulfone groups is 1. The normalized spacial score (nSPS) is 24.2. The van der Waals surface area contributed by atoms with Crippen LogP contribution in [0.4, 0.5) is 11.4 Å². The van der Waals surface area contributed by atoms with Crippen molar-refractivity contribution in [1.29, 1.82) is 0 Å². The lowest BCUT2D eigenvalue weighted by Crippen LogP contribution is -2.46. The van der Waals surface area contributed by atoms with Crippen LogP contribution in [-0.2, 0) is 19.4 Å². The number of nitrogens with zero attached hydrogens (tertiary/aromatic N) is 4. The molecule has 0 saturated carbocycles. The number of likely N-dealkylation sites (N-methyl/N-ethyl adjacent to an activating group) is 1. The molecule has 1 N–H and O–H groups in total. The second kappa shape index (κ2) is 8.96. The van der Waals surface area contributed by atoms with E-state index >= 15 is 0 Å². The quantitative estimate of drug-likeness (QED) is 0.721. The molecule has 1 atom stereocenters. The number of nitrogens with one attached hydrogen (secondary N) is 1. The van der Waals surface area contributed by atoms with Crippen LogP contribution < -0.4 is 10.2 Å². The van der Waals surface area contributed by atoms with E-state index in [4.69, 9.17) is 0 Å². The van der Waals surface area contributed by atoms with Crippen molar-refractivity contribution in [3.05, 3.63) is 24.3 Å². The number of carbonyl (C=O) groups is 2. The molecule has 2 fully saturated rings. The Labute approximate surface area is 183 Å². The molecule has 168 valence electrons. The van der Waals surface area contributed by atoms with Gasteiger partial charge in [-0.3, -0.25) is 9.59 Å². The molecule has 3 heterocycles. The smallest absolute Gasteiger partial charge is 0.271 e. The average Bonchev–Trinajstić information content (AvgIpc) is 3.14. The Hall–Kier alpha value is -2.46. The summed E-state index contributed by atoms with van der Waals surface area (Å²) in [5.41, 5.74) is 2.04. The lowest BCUT2D eigenvalue weighted by Gasteiger charge is -2.35. The SMILES string of the molecule is CCN1CCN(c2ccc(NC(=O)C3=NN([C@@H]4CCS(=O)(=O)C4)C(=O)CC3)cc2)CC1. The van der Waals surface area contributed by atoms with Crippen LogP contribution in [0.1, 0.15) is 26.2 Å². The van der Waals surface area contributed by atoms with Crippen LogP contribution in [0.2, 0.25) is 0 Å². The van der Waals surface area contributed by atoms with E-state index in [1.807, 2.05) is 24.3 Å².